The third-order valence-corrected chi connectivity index (χ3v) is 3.13. The van der Waals surface area contributed by atoms with Gasteiger partial charge >= 0.3 is 0 Å². The van der Waals surface area contributed by atoms with Crippen LogP contribution >= 0.6 is 0 Å². The number of ether oxygens (including phenoxy) is 1. The summed E-state index contributed by atoms with van der Waals surface area (Å²) in [5.74, 6) is 2.64. The van der Waals surface area contributed by atoms with Crippen molar-refractivity contribution in [3.05, 3.63) is 0 Å². The third-order valence-electron chi connectivity index (χ3n) is 3.13. The lowest BCUT2D eigenvalue weighted by Crippen LogP contribution is -2.49. The van der Waals surface area contributed by atoms with Crippen molar-refractivity contribution in [3.63, 3.8) is 0 Å². The fourth-order valence-electron chi connectivity index (χ4n) is 2.31. The Morgan fingerprint density at radius 1 is 1.36 bits per heavy atom. The second-order valence-electron chi connectivity index (χ2n) is 4.06. The van der Waals surface area contributed by atoms with E-state index >= 15 is 0 Å². The third kappa shape index (κ3) is 2.50. The summed E-state index contributed by atoms with van der Waals surface area (Å²) in [6.07, 6.45) is 12.4. The highest BCUT2D eigenvalue weighted by atomic mass is 16.5. The molecule has 0 aromatic carbocycles. The normalized spacial score (nSPS) is 23.5. The Kier molecular flexibility index (Phi) is 4.44. The van der Waals surface area contributed by atoms with E-state index in [-0.39, 0.29) is 11.6 Å². The Bertz CT molecular complexity index is 199. The van der Waals surface area contributed by atoms with E-state index in [1.165, 1.54) is 25.7 Å². The molecular formula is C12H21NO. The van der Waals surface area contributed by atoms with E-state index in [4.69, 9.17) is 16.9 Å². The zero-order chi connectivity index (χ0) is 10.4. The lowest BCUT2D eigenvalue weighted by molar-refractivity contribution is -0.0568. The molecule has 2 N–H and O–H groups in total. The molecule has 0 amide bonds. The van der Waals surface area contributed by atoms with E-state index in [1.54, 1.807) is 0 Å². The van der Waals surface area contributed by atoms with E-state index in [0.29, 0.717) is 6.61 Å². The van der Waals surface area contributed by atoms with Crippen LogP contribution in [0.3, 0.4) is 0 Å². The molecule has 1 atom stereocenters. The molecule has 0 saturated heterocycles. The molecule has 14 heavy (non-hydrogen) atoms. The van der Waals surface area contributed by atoms with Gasteiger partial charge in [-0.05, 0) is 19.8 Å². The maximum atomic E-state index is 5.98. The minimum atomic E-state index is -0.249. The molecule has 1 rings (SSSR count). The van der Waals surface area contributed by atoms with Gasteiger partial charge in [0.25, 0.3) is 0 Å². The lowest BCUT2D eigenvalue weighted by Gasteiger charge is -2.35. The van der Waals surface area contributed by atoms with Crippen LogP contribution in [-0.2, 0) is 4.74 Å². The van der Waals surface area contributed by atoms with Gasteiger partial charge in [-0.25, -0.2) is 0 Å². The van der Waals surface area contributed by atoms with E-state index in [2.05, 4.69) is 5.92 Å². The van der Waals surface area contributed by atoms with Gasteiger partial charge in [0.15, 0.2) is 0 Å². The van der Waals surface area contributed by atoms with Gasteiger partial charge in [-0.1, -0.05) is 31.6 Å². The number of hydrogen-bond acceptors (Lipinski definition) is 2. The van der Waals surface area contributed by atoms with Crippen molar-refractivity contribution in [2.75, 3.05) is 6.61 Å². The second-order valence-corrected chi connectivity index (χ2v) is 4.06. The van der Waals surface area contributed by atoms with Crippen molar-refractivity contribution < 1.29 is 4.74 Å². The van der Waals surface area contributed by atoms with Crippen LogP contribution < -0.4 is 5.73 Å². The number of rotatable bonds is 3. The molecule has 0 aliphatic heterocycles. The second kappa shape index (κ2) is 5.38. The highest BCUT2D eigenvalue weighted by Gasteiger charge is 2.36. The molecule has 1 unspecified atom stereocenters. The van der Waals surface area contributed by atoms with Gasteiger partial charge in [-0.3, -0.25) is 0 Å². The van der Waals surface area contributed by atoms with Crippen LogP contribution in [0.2, 0.25) is 0 Å². The highest BCUT2D eigenvalue weighted by Crippen LogP contribution is 2.32. The van der Waals surface area contributed by atoms with Crippen LogP contribution in [0.15, 0.2) is 0 Å². The fourth-order valence-corrected chi connectivity index (χ4v) is 2.31. The summed E-state index contributed by atoms with van der Waals surface area (Å²) in [6.45, 7) is 2.71. The first-order chi connectivity index (χ1) is 6.75. The van der Waals surface area contributed by atoms with Crippen molar-refractivity contribution in [1.82, 2.24) is 0 Å². The zero-order valence-electron chi connectivity index (χ0n) is 9.09. The van der Waals surface area contributed by atoms with Crippen molar-refractivity contribution in [2.24, 2.45) is 5.73 Å². The first-order valence-electron chi connectivity index (χ1n) is 5.61. The molecule has 0 heterocycles. The Morgan fingerprint density at radius 3 is 2.36 bits per heavy atom. The van der Waals surface area contributed by atoms with E-state index in [9.17, 15) is 0 Å². The van der Waals surface area contributed by atoms with Crippen molar-refractivity contribution in [2.45, 2.75) is 57.1 Å². The molecule has 0 aromatic rings. The standard InChI is InChI=1S/C12H21NO/c1-3-11(13)12(14-4-2)9-7-5-6-8-10-12/h1,11H,4-10,13H2,2H3. The molecule has 0 radical (unpaired) electrons. The van der Waals surface area contributed by atoms with E-state index in [1.807, 2.05) is 6.92 Å². The molecule has 0 bridgehead atoms. The molecule has 2 nitrogen and oxygen atoms in total. The maximum Gasteiger partial charge on any atom is 0.0956 e. The van der Waals surface area contributed by atoms with Crippen LogP contribution in [0.5, 0.6) is 0 Å². The van der Waals surface area contributed by atoms with Crippen LogP contribution in [0.25, 0.3) is 0 Å². The lowest BCUT2D eigenvalue weighted by atomic mass is 9.87. The van der Waals surface area contributed by atoms with E-state index < -0.39 is 0 Å². The Morgan fingerprint density at radius 2 is 1.93 bits per heavy atom. The summed E-state index contributed by atoms with van der Waals surface area (Å²) >= 11 is 0. The van der Waals surface area contributed by atoms with Crippen LogP contribution in [0.4, 0.5) is 0 Å². The molecular weight excluding hydrogens is 174 g/mol. The van der Waals surface area contributed by atoms with Gasteiger partial charge in [0.1, 0.15) is 0 Å². The first-order valence-corrected chi connectivity index (χ1v) is 5.61. The Hall–Kier alpha value is -0.520. The molecule has 0 spiro atoms. The highest BCUT2D eigenvalue weighted by molar-refractivity contribution is 5.09. The zero-order valence-corrected chi connectivity index (χ0v) is 9.09. The van der Waals surface area contributed by atoms with Crippen LogP contribution in [0.1, 0.15) is 45.4 Å². The molecule has 2 heteroatoms. The quantitative estimate of drug-likeness (QED) is 0.553. The predicted octanol–water partition coefficient (Wildman–Crippen LogP) is 2.08. The van der Waals surface area contributed by atoms with Gasteiger partial charge in [0.05, 0.1) is 11.6 Å². The topological polar surface area (TPSA) is 35.2 Å². The van der Waals surface area contributed by atoms with Gasteiger partial charge in [0, 0.05) is 6.61 Å². The predicted molar refractivity (Wildman–Crippen MR) is 58.9 cm³/mol. The number of hydrogen-bond donors (Lipinski definition) is 1. The van der Waals surface area contributed by atoms with Gasteiger partial charge < -0.3 is 10.5 Å². The maximum absolute atomic E-state index is 5.98. The molecule has 1 aliphatic rings. The first kappa shape index (κ1) is 11.6. The SMILES string of the molecule is C#CC(N)C1(OCC)CCCCCC1. The summed E-state index contributed by atoms with van der Waals surface area (Å²) in [4.78, 5) is 0. The number of terminal acetylenes is 1. The summed E-state index contributed by atoms with van der Waals surface area (Å²) < 4.78 is 5.84. The minimum absolute atomic E-state index is 0.236. The number of nitrogens with two attached hydrogens (primary N) is 1. The van der Waals surface area contributed by atoms with Crippen LogP contribution in [0, 0.1) is 12.3 Å². The summed E-state index contributed by atoms with van der Waals surface area (Å²) in [6, 6.07) is -0.249. The van der Waals surface area contributed by atoms with Crippen molar-refractivity contribution in [1.29, 1.82) is 0 Å². The summed E-state index contributed by atoms with van der Waals surface area (Å²) in [7, 11) is 0. The molecule has 1 fully saturated rings. The Balaban J connectivity index is 2.72. The average Bonchev–Trinajstić information content (AvgIpc) is 2.44. The summed E-state index contributed by atoms with van der Waals surface area (Å²) in [5, 5.41) is 0. The van der Waals surface area contributed by atoms with Gasteiger partial charge in [-0.15, -0.1) is 6.42 Å². The van der Waals surface area contributed by atoms with Crippen molar-refractivity contribution in [3.8, 4) is 12.3 Å². The monoisotopic (exact) mass is 195 g/mol. The smallest absolute Gasteiger partial charge is 0.0956 e. The average molecular weight is 195 g/mol. The molecule has 1 saturated carbocycles. The largest absolute Gasteiger partial charge is 0.373 e. The van der Waals surface area contributed by atoms with Gasteiger partial charge in [-0.2, -0.15) is 0 Å². The molecule has 80 valence electrons. The molecule has 1 aliphatic carbocycles. The fraction of sp³-hybridized carbons (Fsp3) is 0.833. The Labute approximate surface area is 87.2 Å². The summed E-state index contributed by atoms with van der Waals surface area (Å²) in [5.41, 5.74) is 5.74. The van der Waals surface area contributed by atoms with Crippen molar-refractivity contribution >= 4 is 0 Å². The van der Waals surface area contributed by atoms with E-state index in [0.717, 1.165) is 12.8 Å². The molecule has 0 aromatic heterocycles. The van der Waals surface area contributed by atoms with Crippen LogP contribution in [-0.4, -0.2) is 18.2 Å². The van der Waals surface area contributed by atoms with Gasteiger partial charge in [0.2, 0.25) is 0 Å². The minimum Gasteiger partial charge on any atom is -0.373 e.